The fourth-order valence-corrected chi connectivity index (χ4v) is 0.707. The van der Waals surface area contributed by atoms with Gasteiger partial charge in [-0.1, -0.05) is 0 Å². The average Bonchev–Trinajstić information content (AvgIpc) is 2.56. The fraction of sp³-hybridized carbons (Fsp3) is 0.222. The Kier molecular flexibility index (Phi) is 3.14. The molecule has 0 aliphatic carbocycles. The number of ketones is 1. The van der Waals surface area contributed by atoms with Crippen LogP contribution in [0.25, 0.3) is 0 Å². The highest BCUT2D eigenvalue weighted by atomic mass is 16.5. The van der Waals surface area contributed by atoms with E-state index in [1.807, 2.05) is 6.92 Å². The SMILES string of the molecule is CCOC=CC(=O)c1ccco1. The summed E-state index contributed by atoms with van der Waals surface area (Å²) < 4.78 is 9.73. The lowest BCUT2D eigenvalue weighted by Crippen LogP contribution is -1.91. The molecule has 0 fully saturated rings. The molecule has 0 aromatic carbocycles. The molecule has 0 aliphatic heterocycles. The van der Waals surface area contributed by atoms with Crippen LogP contribution in [-0.2, 0) is 4.74 Å². The molecule has 0 atom stereocenters. The molecule has 0 radical (unpaired) electrons. The highest BCUT2D eigenvalue weighted by Gasteiger charge is 2.02. The zero-order valence-electron chi connectivity index (χ0n) is 6.82. The van der Waals surface area contributed by atoms with Crippen LogP contribution in [0.2, 0.25) is 0 Å². The zero-order chi connectivity index (χ0) is 8.81. The van der Waals surface area contributed by atoms with Crippen LogP contribution in [0, 0.1) is 0 Å². The maximum atomic E-state index is 11.1. The van der Waals surface area contributed by atoms with E-state index in [1.54, 1.807) is 12.1 Å². The normalized spacial score (nSPS) is 10.4. The minimum Gasteiger partial charge on any atom is -0.501 e. The van der Waals surface area contributed by atoms with E-state index in [2.05, 4.69) is 0 Å². The van der Waals surface area contributed by atoms with E-state index in [-0.39, 0.29) is 5.78 Å². The van der Waals surface area contributed by atoms with Crippen molar-refractivity contribution in [3.05, 3.63) is 36.5 Å². The Morgan fingerprint density at radius 3 is 3.17 bits per heavy atom. The third-order valence-electron chi connectivity index (χ3n) is 1.25. The molecule has 64 valence electrons. The number of ether oxygens (including phenoxy) is 1. The molecule has 0 unspecified atom stereocenters. The molecule has 0 bridgehead atoms. The molecule has 1 aromatic heterocycles. The predicted molar refractivity (Wildman–Crippen MR) is 43.8 cm³/mol. The predicted octanol–water partition coefficient (Wildman–Crippen LogP) is 2.01. The molecule has 3 heteroatoms. The molecule has 0 N–H and O–H groups in total. The lowest BCUT2D eigenvalue weighted by Gasteiger charge is -1.90. The maximum absolute atomic E-state index is 11.1. The average molecular weight is 166 g/mol. The number of carbonyl (C=O) groups is 1. The highest BCUT2D eigenvalue weighted by molar-refractivity contribution is 6.02. The summed E-state index contributed by atoms with van der Waals surface area (Å²) in [6, 6.07) is 3.28. The van der Waals surface area contributed by atoms with Gasteiger partial charge in [-0.2, -0.15) is 0 Å². The number of rotatable bonds is 4. The van der Waals surface area contributed by atoms with Gasteiger partial charge in [0.1, 0.15) is 0 Å². The van der Waals surface area contributed by atoms with Crippen molar-refractivity contribution < 1.29 is 13.9 Å². The van der Waals surface area contributed by atoms with E-state index in [4.69, 9.17) is 9.15 Å². The van der Waals surface area contributed by atoms with Crippen molar-refractivity contribution in [2.75, 3.05) is 6.61 Å². The molecular formula is C9H10O3. The van der Waals surface area contributed by atoms with Crippen LogP contribution in [-0.4, -0.2) is 12.4 Å². The van der Waals surface area contributed by atoms with Crippen LogP contribution >= 0.6 is 0 Å². The Hall–Kier alpha value is -1.51. The van der Waals surface area contributed by atoms with Crippen molar-refractivity contribution >= 4 is 5.78 Å². The summed E-state index contributed by atoms with van der Waals surface area (Å²) in [5.41, 5.74) is 0. The van der Waals surface area contributed by atoms with Crippen LogP contribution < -0.4 is 0 Å². The molecule has 0 amide bonds. The largest absolute Gasteiger partial charge is 0.501 e. The molecule has 1 heterocycles. The first-order valence-corrected chi connectivity index (χ1v) is 3.70. The minimum absolute atomic E-state index is 0.187. The second kappa shape index (κ2) is 4.38. The lowest BCUT2D eigenvalue weighted by molar-refractivity contribution is 0.101. The van der Waals surface area contributed by atoms with Gasteiger partial charge < -0.3 is 9.15 Å². The van der Waals surface area contributed by atoms with Crippen molar-refractivity contribution in [2.24, 2.45) is 0 Å². The molecule has 12 heavy (non-hydrogen) atoms. The second-order valence-corrected chi connectivity index (χ2v) is 2.10. The Bertz CT molecular complexity index is 259. The standard InChI is InChI=1S/C9H10O3/c1-2-11-7-5-8(10)9-4-3-6-12-9/h3-7H,2H2,1H3. The van der Waals surface area contributed by atoms with Crippen LogP contribution in [0.1, 0.15) is 17.5 Å². The monoisotopic (exact) mass is 166 g/mol. The van der Waals surface area contributed by atoms with Crippen molar-refractivity contribution in [3.8, 4) is 0 Å². The molecule has 1 rings (SSSR count). The number of hydrogen-bond donors (Lipinski definition) is 0. The van der Waals surface area contributed by atoms with Crippen molar-refractivity contribution in [2.45, 2.75) is 6.92 Å². The smallest absolute Gasteiger partial charge is 0.224 e. The fourth-order valence-electron chi connectivity index (χ4n) is 0.707. The quantitative estimate of drug-likeness (QED) is 0.390. The Labute approximate surface area is 70.6 Å². The van der Waals surface area contributed by atoms with Gasteiger partial charge in [-0.25, -0.2) is 0 Å². The first-order chi connectivity index (χ1) is 5.84. The molecule has 0 spiro atoms. The van der Waals surface area contributed by atoms with E-state index >= 15 is 0 Å². The molecular weight excluding hydrogens is 156 g/mol. The molecule has 1 aromatic rings. The van der Waals surface area contributed by atoms with Gasteiger partial charge in [-0.05, 0) is 19.1 Å². The molecule has 0 aliphatic rings. The summed E-state index contributed by atoms with van der Waals surface area (Å²) in [5, 5.41) is 0. The third-order valence-corrected chi connectivity index (χ3v) is 1.25. The highest BCUT2D eigenvalue weighted by Crippen LogP contribution is 2.01. The summed E-state index contributed by atoms with van der Waals surface area (Å²) in [6.07, 6.45) is 4.16. The Morgan fingerprint density at radius 1 is 1.75 bits per heavy atom. The molecule has 0 saturated heterocycles. The molecule has 3 nitrogen and oxygen atoms in total. The van der Waals surface area contributed by atoms with Crippen LogP contribution in [0.5, 0.6) is 0 Å². The Morgan fingerprint density at radius 2 is 2.58 bits per heavy atom. The van der Waals surface area contributed by atoms with Gasteiger partial charge in [-0.15, -0.1) is 0 Å². The Balaban J connectivity index is 2.50. The number of allylic oxidation sites excluding steroid dienone is 1. The number of carbonyl (C=O) groups excluding carboxylic acids is 1. The first kappa shape index (κ1) is 8.59. The molecule has 0 saturated carbocycles. The summed E-state index contributed by atoms with van der Waals surface area (Å²) in [7, 11) is 0. The summed E-state index contributed by atoms with van der Waals surface area (Å²) >= 11 is 0. The van der Waals surface area contributed by atoms with Gasteiger partial charge >= 0.3 is 0 Å². The van der Waals surface area contributed by atoms with Crippen LogP contribution in [0.4, 0.5) is 0 Å². The van der Waals surface area contributed by atoms with Crippen molar-refractivity contribution in [1.29, 1.82) is 0 Å². The second-order valence-electron chi connectivity index (χ2n) is 2.10. The van der Waals surface area contributed by atoms with Crippen LogP contribution in [0.15, 0.2) is 35.2 Å². The van der Waals surface area contributed by atoms with E-state index in [1.165, 1.54) is 18.6 Å². The van der Waals surface area contributed by atoms with Crippen molar-refractivity contribution in [1.82, 2.24) is 0 Å². The van der Waals surface area contributed by atoms with E-state index in [0.717, 1.165) is 0 Å². The van der Waals surface area contributed by atoms with Gasteiger partial charge in [0.05, 0.1) is 19.1 Å². The maximum Gasteiger partial charge on any atom is 0.224 e. The van der Waals surface area contributed by atoms with E-state index in [9.17, 15) is 4.79 Å². The van der Waals surface area contributed by atoms with Crippen LogP contribution in [0.3, 0.4) is 0 Å². The topological polar surface area (TPSA) is 39.4 Å². The minimum atomic E-state index is -0.187. The first-order valence-electron chi connectivity index (χ1n) is 3.70. The lowest BCUT2D eigenvalue weighted by atomic mass is 10.3. The number of furan rings is 1. The van der Waals surface area contributed by atoms with Gasteiger partial charge in [0.25, 0.3) is 0 Å². The van der Waals surface area contributed by atoms with Gasteiger partial charge in [0.2, 0.25) is 5.78 Å². The number of hydrogen-bond acceptors (Lipinski definition) is 3. The van der Waals surface area contributed by atoms with E-state index < -0.39 is 0 Å². The van der Waals surface area contributed by atoms with Gasteiger partial charge in [-0.3, -0.25) is 4.79 Å². The summed E-state index contributed by atoms with van der Waals surface area (Å²) in [6.45, 7) is 2.41. The third kappa shape index (κ3) is 2.27. The van der Waals surface area contributed by atoms with E-state index in [0.29, 0.717) is 12.4 Å². The van der Waals surface area contributed by atoms with Gasteiger partial charge in [0.15, 0.2) is 5.76 Å². The van der Waals surface area contributed by atoms with Gasteiger partial charge in [0, 0.05) is 6.08 Å². The van der Waals surface area contributed by atoms with Crippen molar-refractivity contribution in [3.63, 3.8) is 0 Å². The summed E-state index contributed by atoms with van der Waals surface area (Å²) in [5.74, 6) is 0.138. The summed E-state index contributed by atoms with van der Waals surface area (Å²) in [4.78, 5) is 11.1. The zero-order valence-corrected chi connectivity index (χ0v) is 6.82.